The minimum atomic E-state index is -3.77. The number of hydrogen-bond donors (Lipinski definition) is 1. The van der Waals surface area contributed by atoms with E-state index in [-0.39, 0.29) is 11.3 Å². The van der Waals surface area contributed by atoms with E-state index < -0.39 is 28.4 Å². The normalized spacial score (nSPS) is 10.8. The number of anilines is 2. The zero-order valence-electron chi connectivity index (χ0n) is 16.5. The van der Waals surface area contributed by atoms with E-state index in [1.807, 2.05) is 0 Å². The van der Waals surface area contributed by atoms with Crippen LogP contribution in [0.3, 0.4) is 0 Å². The molecule has 1 amide bonds. The van der Waals surface area contributed by atoms with Crippen LogP contribution >= 0.6 is 0 Å². The highest BCUT2D eigenvalue weighted by molar-refractivity contribution is 7.92. The van der Waals surface area contributed by atoms with Gasteiger partial charge in [-0.1, -0.05) is 6.07 Å². The molecule has 156 valence electrons. The maximum Gasteiger partial charge on any atom is 0.337 e. The highest BCUT2D eigenvalue weighted by Crippen LogP contribution is 2.32. The molecule has 1 N–H and O–H groups in total. The fraction of sp³-hybridized carbons (Fsp3) is 0.263. The van der Waals surface area contributed by atoms with Crippen molar-refractivity contribution in [3.63, 3.8) is 0 Å². The predicted octanol–water partition coefficient (Wildman–Crippen LogP) is 1.90. The van der Waals surface area contributed by atoms with Crippen molar-refractivity contribution >= 4 is 33.3 Å². The Morgan fingerprint density at radius 1 is 1.00 bits per heavy atom. The number of hydrogen-bond acceptors (Lipinski definition) is 7. The summed E-state index contributed by atoms with van der Waals surface area (Å²) < 4.78 is 40.5. The van der Waals surface area contributed by atoms with E-state index in [4.69, 9.17) is 9.47 Å². The van der Waals surface area contributed by atoms with Crippen LogP contribution in [0.4, 0.5) is 11.4 Å². The first kappa shape index (κ1) is 22.0. The lowest BCUT2D eigenvalue weighted by Crippen LogP contribution is -2.37. The molecule has 0 aliphatic rings. The highest BCUT2D eigenvalue weighted by Gasteiger charge is 2.22. The van der Waals surface area contributed by atoms with Gasteiger partial charge in [0.2, 0.25) is 15.9 Å². The summed E-state index contributed by atoms with van der Waals surface area (Å²) in [5, 5.41) is 2.58. The number of carbonyl (C=O) groups excluding carboxylic acids is 2. The fourth-order valence-electron chi connectivity index (χ4n) is 2.55. The molecule has 2 aromatic rings. The molecule has 10 heteroatoms. The van der Waals surface area contributed by atoms with Gasteiger partial charge in [-0.05, 0) is 30.3 Å². The lowest BCUT2D eigenvalue weighted by Gasteiger charge is -2.23. The van der Waals surface area contributed by atoms with Crippen LogP contribution < -0.4 is 19.1 Å². The van der Waals surface area contributed by atoms with E-state index in [1.165, 1.54) is 45.6 Å². The van der Waals surface area contributed by atoms with Crippen LogP contribution in [-0.4, -0.2) is 54.4 Å². The average molecular weight is 422 g/mol. The summed E-state index contributed by atoms with van der Waals surface area (Å²) in [6.07, 6.45) is 0.995. The molecule has 0 bridgehead atoms. The van der Waals surface area contributed by atoms with Gasteiger partial charge in [-0.25, -0.2) is 13.2 Å². The second-order valence-corrected chi connectivity index (χ2v) is 7.84. The molecule has 0 aliphatic heterocycles. The van der Waals surface area contributed by atoms with Crippen LogP contribution in [-0.2, 0) is 19.6 Å². The largest absolute Gasteiger partial charge is 0.493 e. The van der Waals surface area contributed by atoms with E-state index in [2.05, 4.69) is 10.1 Å². The maximum absolute atomic E-state index is 12.5. The van der Waals surface area contributed by atoms with Gasteiger partial charge < -0.3 is 19.5 Å². The van der Waals surface area contributed by atoms with Crippen molar-refractivity contribution in [2.45, 2.75) is 0 Å². The number of amides is 1. The first-order valence-corrected chi connectivity index (χ1v) is 10.2. The summed E-state index contributed by atoms with van der Waals surface area (Å²) in [4.78, 5) is 24.1. The Kier molecular flexibility index (Phi) is 7.05. The number of nitrogens with one attached hydrogen (secondary N) is 1. The van der Waals surface area contributed by atoms with Crippen molar-refractivity contribution in [1.82, 2.24) is 0 Å². The Morgan fingerprint density at radius 3 is 2.28 bits per heavy atom. The number of carbonyl (C=O) groups is 2. The van der Waals surface area contributed by atoms with Crippen LogP contribution in [0.2, 0.25) is 0 Å². The third-order valence-electron chi connectivity index (χ3n) is 3.91. The molecule has 9 nitrogen and oxygen atoms in total. The Balaban J connectivity index is 2.26. The SMILES string of the molecule is COC(=O)c1cccc(NC(=O)CN(c2ccc(OC)c(OC)c2)S(C)(=O)=O)c1. The molecular weight excluding hydrogens is 400 g/mol. The van der Waals surface area contributed by atoms with Crippen molar-refractivity contribution in [2.75, 3.05) is 43.8 Å². The number of benzene rings is 2. The molecule has 0 heterocycles. The van der Waals surface area contributed by atoms with Gasteiger partial charge in [-0.3, -0.25) is 9.10 Å². The lowest BCUT2D eigenvalue weighted by atomic mass is 10.2. The summed E-state index contributed by atoms with van der Waals surface area (Å²) in [6.45, 7) is -0.475. The predicted molar refractivity (Wildman–Crippen MR) is 108 cm³/mol. The van der Waals surface area contributed by atoms with E-state index in [9.17, 15) is 18.0 Å². The second-order valence-electron chi connectivity index (χ2n) is 5.93. The third-order valence-corrected chi connectivity index (χ3v) is 5.05. The number of methoxy groups -OCH3 is 3. The minimum Gasteiger partial charge on any atom is -0.493 e. The number of rotatable bonds is 8. The van der Waals surface area contributed by atoms with Gasteiger partial charge in [0.15, 0.2) is 11.5 Å². The topological polar surface area (TPSA) is 111 Å². The van der Waals surface area contributed by atoms with Gasteiger partial charge in [0.05, 0.1) is 38.8 Å². The zero-order valence-corrected chi connectivity index (χ0v) is 17.3. The Morgan fingerprint density at radius 2 is 1.69 bits per heavy atom. The van der Waals surface area contributed by atoms with Gasteiger partial charge >= 0.3 is 5.97 Å². The van der Waals surface area contributed by atoms with Gasteiger partial charge in [-0.2, -0.15) is 0 Å². The summed E-state index contributed by atoms with van der Waals surface area (Å²) in [5.41, 5.74) is 0.826. The first-order valence-electron chi connectivity index (χ1n) is 8.37. The average Bonchev–Trinajstić information content (AvgIpc) is 2.70. The molecule has 0 radical (unpaired) electrons. The van der Waals surface area contributed by atoms with E-state index in [1.54, 1.807) is 18.2 Å². The Labute approximate surface area is 169 Å². The van der Waals surface area contributed by atoms with Crippen LogP contribution in [0.1, 0.15) is 10.4 Å². The third kappa shape index (κ3) is 5.61. The molecule has 29 heavy (non-hydrogen) atoms. The molecule has 0 saturated heterocycles. The van der Waals surface area contributed by atoms with Gasteiger partial charge in [0.1, 0.15) is 6.54 Å². The molecule has 0 fully saturated rings. The van der Waals surface area contributed by atoms with Crippen molar-refractivity contribution in [3.8, 4) is 11.5 Å². The fourth-order valence-corrected chi connectivity index (χ4v) is 3.40. The molecule has 0 aliphatic carbocycles. The minimum absolute atomic E-state index is 0.239. The van der Waals surface area contributed by atoms with Gasteiger partial charge in [-0.15, -0.1) is 0 Å². The lowest BCUT2D eigenvalue weighted by molar-refractivity contribution is -0.114. The smallest absolute Gasteiger partial charge is 0.337 e. The summed E-state index contributed by atoms with van der Waals surface area (Å²) in [5.74, 6) is -0.393. The molecular formula is C19H22N2O7S. The maximum atomic E-state index is 12.5. The van der Waals surface area contributed by atoms with E-state index in [0.717, 1.165) is 10.6 Å². The van der Waals surface area contributed by atoms with Crippen LogP contribution in [0.15, 0.2) is 42.5 Å². The van der Waals surface area contributed by atoms with Crippen LogP contribution in [0.5, 0.6) is 11.5 Å². The van der Waals surface area contributed by atoms with Crippen molar-refractivity contribution in [2.24, 2.45) is 0 Å². The molecule has 2 rings (SSSR count). The summed E-state index contributed by atoms with van der Waals surface area (Å²) in [7, 11) is 0.361. The van der Waals surface area contributed by atoms with E-state index >= 15 is 0 Å². The molecule has 0 aromatic heterocycles. The van der Waals surface area contributed by atoms with Gasteiger partial charge in [0, 0.05) is 11.8 Å². The quantitative estimate of drug-likeness (QED) is 0.647. The zero-order chi connectivity index (χ0) is 21.6. The van der Waals surface area contributed by atoms with Crippen molar-refractivity contribution in [1.29, 1.82) is 0 Å². The standard InChI is InChI=1S/C19H22N2O7S/c1-26-16-9-8-15(11-17(16)27-2)21(29(4,24)25)12-18(22)20-14-7-5-6-13(10-14)19(23)28-3/h5-11H,12H2,1-4H3,(H,20,22). The Hall–Kier alpha value is -3.27. The number of ether oxygens (including phenoxy) is 3. The Bertz CT molecular complexity index is 1010. The van der Waals surface area contributed by atoms with Crippen molar-refractivity contribution in [3.05, 3.63) is 48.0 Å². The van der Waals surface area contributed by atoms with E-state index in [0.29, 0.717) is 17.2 Å². The summed E-state index contributed by atoms with van der Waals surface area (Å²) >= 11 is 0. The van der Waals surface area contributed by atoms with Crippen LogP contribution in [0.25, 0.3) is 0 Å². The summed E-state index contributed by atoms with van der Waals surface area (Å²) in [6, 6.07) is 10.6. The molecule has 2 aromatic carbocycles. The molecule has 0 spiro atoms. The molecule has 0 atom stereocenters. The number of sulfonamides is 1. The first-order chi connectivity index (χ1) is 13.7. The second kappa shape index (κ2) is 9.28. The molecule has 0 saturated carbocycles. The monoisotopic (exact) mass is 422 g/mol. The highest BCUT2D eigenvalue weighted by atomic mass is 32.2. The van der Waals surface area contributed by atoms with Crippen molar-refractivity contribution < 1.29 is 32.2 Å². The van der Waals surface area contributed by atoms with Crippen LogP contribution in [0, 0.1) is 0 Å². The number of esters is 1. The molecule has 0 unspecified atom stereocenters. The number of nitrogens with zero attached hydrogens (tertiary/aromatic N) is 1. The van der Waals surface area contributed by atoms with Gasteiger partial charge in [0.25, 0.3) is 0 Å².